The van der Waals surface area contributed by atoms with E-state index >= 15 is 0 Å². The Bertz CT molecular complexity index is 1230. The summed E-state index contributed by atoms with van der Waals surface area (Å²) in [6.07, 6.45) is 7.47. The molecule has 0 saturated carbocycles. The highest BCUT2D eigenvalue weighted by Crippen LogP contribution is 2.36. The number of nitrogens with zero attached hydrogens (tertiary/aromatic N) is 2. The zero-order chi connectivity index (χ0) is 17.1. The molecule has 126 valence electrons. The first-order valence-electron chi connectivity index (χ1n) is 9.16. The van der Waals surface area contributed by atoms with E-state index in [0.29, 0.717) is 5.92 Å². The van der Waals surface area contributed by atoms with Crippen molar-refractivity contribution in [3.05, 3.63) is 76.9 Å². The summed E-state index contributed by atoms with van der Waals surface area (Å²) in [4.78, 5) is 16.8. The number of aromatic nitrogens is 4. The molecule has 0 radical (unpaired) electrons. The van der Waals surface area contributed by atoms with E-state index in [0.717, 1.165) is 52.7 Å². The minimum atomic E-state index is 0.411. The van der Waals surface area contributed by atoms with E-state index in [1.54, 1.807) is 0 Å². The highest BCUT2D eigenvalue weighted by atomic mass is 14.8. The molecule has 2 aliphatic heterocycles. The number of fused-ring (bicyclic) bond motifs is 8. The molecule has 2 N–H and O–H groups in total. The lowest BCUT2D eigenvalue weighted by atomic mass is 10.0. The molecule has 8 bridgehead atoms. The maximum absolute atomic E-state index is 4.95. The van der Waals surface area contributed by atoms with Gasteiger partial charge in [0.2, 0.25) is 0 Å². The van der Waals surface area contributed by atoms with Crippen LogP contribution in [0.25, 0.3) is 28.1 Å². The van der Waals surface area contributed by atoms with Gasteiger partial charge in [-0.05, 0) is 55.3 Å². The average Bonchev–Trinajstić information content (AvgIpc) is 3.38. The minimum Gasteiger partial charge on any atom is -0.355 e. The van der Waals surface area contributed by atoms with E-state index in [4.69, 9.17) is 9.97 Å². The third kappa shape index (κ3) is 2.22. The summed E-state index contributed by atoms with van der Waals surface area (Å²) in [6.45, 7) is 0. The van der Waals surface area contributed by atoms with Gasteiger partial charge in [0.15, 0.2) is 0 Å². The highest BCUT2D eigenvalue weighted by Gasteiger charge is 2.26. The van der Waals surface area contributed by atoms with Crippen LogP contribution < -0.4 is 0 Å². The number of hydrogen-bond donors (Lipinski definition) is 2. The topological polar surface area (TPSA) is 57.4 Å². The van der Waals surface area contributed by atoms with E-state index in [-0.39, 0.29) is 0 Å². The van der Waals surface area contributed by atoms with Gasteiger partial charge in [0.05, 0.1) is 11.4 Å². The molecular weight excluding hydrogens is 320 g/mol. The Morgan fingerprint density at radius 2 is 1.46 bits per heavy atom. The van der Waals surface area contributed by atoms with Gasteiger partial charge in [0, 0.05) is 51.4 Å². The molecule has 1 unspecified atom stereocenters. The second kappa shape index (κ2) is 5.18. The fourth-order valence-electron chi connectivity index (χ4n) is 4.21. The maximum Gasteiger partial charge on any atom is 0.0569 e. The normalized spacial score (nSPS) is 17.8. The fourth-order valence-corrected chi connectivity index (χ4v) is 4.21. The second-order valence-corrected chi connectivity index (χ2v) is 7.29. The van der Waals surface area contributed by atoms with Crippen LogP contribution >= 0.6 is 0 Å². The SMILES string of the molecule is C1=CC2Cc3cc4ccc(cc5ccc(cc6nc(c1c2n3)CC6)[nH]5)[nH]4. The highest BCUT2D eigenvalue weighted by molar-refractivity contribution is 5.68. The lowest BCUT2D eigenvalue weighted by Crippen LogP contribution is -1.91. The Balaban J connectivity index is 1.71. The standard InChI is InChI=1S/C22H18N4/c1-7-20-21-8-6-18(25-21)11-16-3-2-14(23-16)10-15-4-5-17(24-15)12-19-9-13(1)22(20)26-19/h1-5,7,10-13,23-24H,6,8-9H2. The molecular formula is C22H18N4. The van der Waals surface area contributed by atoms with Crippen LogP contribution in [0.3, 0.4) is 0 Å². The van der Waals surface area contributed by atoms with Crippen LogP contribution in [0.1, 0.15) is 34.3 Å². The zero-order valence-electron chi connectivity index (χ0n) is 14.3. The number of nitrogens with one attached hydrogen (secondary N) is 2. The summed E-state index contributed by atoms with van der Waals surface area (Å²) >= 11 is 0. The molecule has 3 aliphatic rings. The Kier molecular flexibility index (Phi) is 2.80. The number of hydrogen-bond acceptors (Lipinski definition) is 2. The van der Waals surface area contributed by atoms with Crippen LogP contribution in [-0.4, -0.2) is 19.9 Å². The van der Waals surface area contributed by atoms with E-state index in [1.165, 1.54) is 17.0 Å². The average molecular weight is 338 g/mol. The number of rotatable bonds is 0. The van der Waals surface area contributed by atoms with Crippen LogP contribution in [0.2, 0.25) is 0 Å². The number of aryl methyl sites for hydroxylation is 2. The van der Waals surface area contributed by atoms with Crippen LogP contribution in [0, 0.1) is 0 Å². The van der Waals surface area contributed by atoms with Crippen molar-refractivity contribution in [2.45, 2.75) is 25.2 Å². The largest absolute Gasteiger partial charge is 0.355 e. The number of H-pyrrole nitrogens is 2. The molecule has 0 saturated heterocycles. The zero-order valence-corrected chi connectivity index (χ0v) is 14.3. The lowest BCUT2D eigenvalue weighted by molar-refractivity contribution is 0.895. The van der Waals surface area contributed by atoms with Gasteiger partial charge in [0.25, 0.3) is 0 Å². The summed E-state index contributed by atoms with van der Waals surface area (Å²) in [5.74, 6) is 0.411. The molecule has 4 nitrogen and oxygen atoms in total. The summed E-state index contributed by atoms with van der Waals surface area (Å²) < 4.78 is 0. The fraction of sp³-hybridized carbons (Fsp3) is 0.182. The molecule has 0 fully saturated rings. The molecule has 1 atom stereocenters. The summed E-state index contributed by atoms with van der Waals surface area (Å²) in [7, 11) is 0. The van der Waals surface area contributed by atoms with Gasteiger partial charge in [-0.15, -0.1) is 0 Å². The predicted molar refractivity (Wildman–Crippen MR) is 104 cm³/mol. The lowest BCUT2D eigenvalue weighted by Gasteiger charge is -1.97. The third-order valence-corrected chi connectivity index (χ3v) is 5.44. The van der Waals surface area contributed by atoms with Gasteiger partial charge in [-0.1, -0.05) is 12.2 Å². The van der Waals surface area contributed by atoms with Crippen molar-refractivity contribution >= 4 is 28.1 Å². The Hall–Kier alpha value is -3.14. The summed E-state index contributed by atoms with van der Waals surface area (Å²) in [5.41, 5.74) is 10.3. The van der Waals surface area contributed by atoms with Crippen molar-refractivity contribution in [2.75, 3.05) is 0 Å². The third-order valence-electron chi connectivity index (χ3n) is 5.44. The molecule has 1 aliphatic carbocycles. The first-order chi connectivity index (χ1) is 12.8. The van der Waals surface area contributed by atoms with Gasteiger partial charge in [-0.25, -0.2) is 0 Å². The second-order valence-electron chi connectivity index (χ2n) is 7.29. The molecule has 26 heavy (non-hydrogen) atoms. The molecule has 0 amide bonds. The molecule has 5 heterocycles. The van der Waals surface area contributed by atoms with Gasteiger partial charge >= 0.3 is 0 Å². The van der Waals surface area contributed by atoms with Gasteiger partial charge < -0.3 is 9.97 Å². The van der Waals surface area contributed by atoms with E-state index in [9.17, 15) is 0 Å². The van der Waals surface area contributed by atoms with Crippen LogP contribution in [0.15, 0.2) is 48.5 Å². The van der Waals surface area contributed by atoms with Gasteiger partial charge in [-0.2, -0.15) is 0 Å². The van der Waals surface area contributed by atoms with Gasteiger partial charge in [-0.3, -0.25) is 9.97 Å². The Morgan fingerprint density at radius 1 is 0.769 bits per heavy atom. The molecule has 0 aromatic carbocycles. The van der Waals surface area contributed by atoms with Crippen molar-refractivity contribution in [3.8, 4) is 0 Å². The Morgan fingerprint density at radius 3 is 2.23 bits per heavy atom. The van der Waals surface area contributed by atoms with E-state index in [2.05, 4.69) is 64.6 Å². The molecule has 4 heteroatoms. The monoisotopic (exact) mass is 338 g/mol. The van der Waals surface area contributed by atoms with Crippen LogP contribution in [-0.2, 0) is 19.3 Å². The van der Waals surface area contributed by atoms with E-state index < -0.39 is 0 Å². The quantitative estimate of drug-likeness (QED) is 0.636. The smallest absolute Gasteiger partial charge is 0.0569 e. The first-order valence-corrected chi connectivity index (χ1v) is 9.16. The molecule has 3 aromatic heterocycles. The first kappa shape index (κ1) is 14.1. The summed E-state index contributed by atoms with van der Waals surface area (Å²) in [5, 5.41) is 0. The maximum atomic E-state index is 4.95. The predicted octanol–water partition coefficient (Wildman–Crippen LogP) is 4.45. The Labute approximate surface area is 150 Å². The molecule has 6 rings (SSSR count). The van der Waals surface area contributed by atoms with Crippen LogP contribution in [0.4, 0.5) is 0 Å². The van der Waals surface area contributed by atoms with Crippen molar-refractivity contribution in [1.82, 2.24) is 19.9 Å². The van der Waals surface area contributed by atoms with Crippen molar-refractivity contribution in [3.63, 3.8) is 0 Å². The van der Waals surface area contributed by atoms with Crippen molar-refractivity contribution in [2.24, 2.45) is 0 Å². The van der Waals surface area contributed by atoms with Crippen LogP contribution in [0.5, 0.6) is 0 Å². The number of allylic oxidation sites excluding steroid dienone is 1. The molecule has 0 spiro atoms. The van der Waals surface area contributed by atoms with E-state index in [1.807, 2.05) is 0 Å². The summed E-state index contributed by atoms with van der Waals surface area (Å²) in [6, 6.07) is 14.9. The van der Waals surface area contributed by atoms with Crippen molar-refractivity contribution in [1.29, 1.82) is 0 Å². The van der Waals surface area contributed by atoms with Gasteiger partial charge in [0.1, 0.15) is 0 Å². The minimum absolute atomic E-state index is 0.411. The number of aromatic amines is 2. The molecule has 3 aromatic rings. The van der Waals surface area contributed by atoms with Crippen molar-refractivity contribution < 1.29 is 0 Å².